The smallest absolute Gasteiger partial charge is 0.0520 e. The lowest BCUT2D eigenvalue weighted by atomic mass is 9.88. The SMILES string of the molecule is CC(C)OCC(C)(C)CC/C=C/c1cccc(C(C)C)c1. The molecule has 1 rings (SSSR count). The summed E-state index contributed by atoms with van der Waals surface area (Å²) in [6.07, 6.45) is 7.10. The summed E-state index contributed by atoms with van der Waals surface area (Å²) in [6.45, 7) is 14.1. The van der Waals surface area contributed by atoms with Crippen molar-refractivity contribution in [3.05, 3.63) is 41.5 Å². The van der Waals surface area contributed by atoms with Crippen LogP contribution in [0.15, 0.2) is 30.3 Å². The van der Waals surface area contributed by atoms with Gasteiger partial charge in [0, 0.05) is 0 Å². The normalized spacial score (nSPS) is 12.8. The molecule has 0 aliphatic rings. The summed E-state index contributed by atoms with van der Waals surface area (Å²) in [5, 5.41) is 0. The molecule has 21 heavy (non-hydrogen) atoms. The lowest BCUT2D eigenvalue weighted by Gasteiger charge is -2.25. The van der Waals surface area contributed by atoms with E-state index in [-0.39, 0.29) is 5.41 Å². The third kappa shape index (κ3) is 7.47. The first-order chi connectivity index (χ1) is 9.80. The lowest BCUT2D eigenvalue weighted by Crippen LogP contribution is -2.21. The minimum Gasteiger partial charge on any atom is -0.378 e. The summed E-state index contributed by atoms with van der Waals surface area (Å²) in [6, 6.07) is 8.81. The maximum absolute atomic E-state index is 5.74. The highest BCUT2D eigenvalue weighted by molar-refractivity contribution is 5.50. The number of hydrogen-bond donors (Lipinski definition) is 0. The van der Waals surface area contributed by atoms with Gasteiger partial charge in [-0.3, -0.25) is 0 Å². The minimum atomic E-state index is 0.244. The van der Waals surface area contributed by atoms with E-state index in [0.29, 0.717) is 12.0 Å². The first-order valence-corrected chi connectivity index (χ1v) is 8.18. The number of allylic oxidation sites excluding steroid dienone is 1. The third-order valence-electron chi connectivity index (χ3n) is 3.68. The first kappa shape index (κ1) is 18.0. The fourth-order valence-corrected chi connectivity index (χ4v) is 2.18. The van der Waals surface area contributed by atoms with E-state index in [1.165, 1.54) is 11.1 Å². The van der Waals surface area contributed by atoms with E-state index in [2.05, 4.69) is 78.0 Å². The van der Waals surface area contributed by atoms with Crippen LogP contribution in [0.4, 0.5) is 0 Å². The van der Waals surface area contributed by atoms with Crippen molar-refractivity contribution < 1.29 is 4.74 Å². The highest BCUT2D eigenvalue weighted by Gasteiger charge is 2.17. The van der Waals surface area contributed by atoms with Crippen molar-refractivity contribution in [1.82, 2.24) is 0 Å². The van der Waals surface area contributed by atoms with E-state index in [1.807, 2.05) is 0 Å². The van der Waals surface area contributed by atoms with Gasteiger partial charge in [-0.2, -0.15) is 0 Å². The van der Waals surface area contributed by atoms with Crippen molar-refractivity contribution in [3.63, 3.8) is 0 Å². The summed E-state index contributed by atoms with van der Waals surface area (Å²) in [5.74, 6) is 0.588. The van der Waals surface area contributed by atoms with Gasteiger partial charge in [0.1, 0.15) is 0 Å². The molecule has 0 aliphatic carbocycles. The molecular formula is C20H32O. The molecule has 0 spiro atoms. The average Bonchev–Trinajstić information content (AvgIpc) is 2.42. The maximum atomic E-state index is 5.74. The fraction of sp³-hybridized carbons (Fsp3) is 0.600. The van der Waals surface area contributed by atoms with Crippen LogP contribution in [0.5, 0.6) is 0 Å². The Morgan fingerprint density at radius 2 is 1.86 bits per heavy atom. The second kappa shape index (κ2) is 8.38. The van der Waals surface area contributed by atoms with Gasteiger partial charge in [0.25, 0.3) is 0 Å². The Morgan fingerprint density at radius 3 is 2.48 bits per heavy atom. The zero-order chi connectivity index (χ0) is 15.9. The van der Waals surface area contributed by atoms with E-state index in [9.17, 15) is 0 Å². The van der Waals surface area contributed by atoms with Gasteiger partial charge in [0.05, 0.1) is 12.7 Å². The topological polar surface area (TPSA) is 9.23 Å². The van der Waals surface area contributed by atoms with Gasteiger partial charge in [-0.05, 0) is 49.1 Å². The third-order valence-corrected chi connectivity index (χ3v) is 3.68. The van der Waals surface area contributed by atoms with Crippen LogP contribution in [0, 0.1) is 5.41 Å². The Kier molecular flexibility index (Phi) is 7.17. The molecule has 0 fully saturated rings. The zero-order valence-electron chi connectivity index (χ0n) is 14.6. The molecule has 0 radical (unpaired) electrons. The van der Waals surface area contributed by atoms with Crippen molar-refractivity contribution in [1.29, 1.82) is 0 Å². The molecule has 0 atom stereocenters. The molecule has 1 heteroatoms. The molecule has 0 bridgehead atoms. The van der Waals surface area contributed by atoms with Crippen LogP contribution in [-0.2, 0) is 4.74 Å². The van der Waals surface area contributed by atoms with Crippen LogP contribution < -0.4 is 0 Å². The van der Waals surface area contributed by atoms with E-state index in [1.54, 1.807) is 0 Å². The van der Waals surface area contributed by atoms with Gasteiger partial charge in [0.15, 0.2) is 0 Å². The van der Waals surface area contributed by atoms with Crippen molar-refractivity contribution in [3.8, 4) is 0 Å². The molecule has 0 heterocycles. The summed E-state index contributed by atoms with van der Waals surface area (Å²) >= 11 is 0. The van der Waals surface area contributed by atoms with Gasteiger partial charge >= 0.3 is 0 Å². The molecule has 0 saturated carbocycles. The van der Waals surface area contributed by atoms with Gasteiger partial charge in [-0.15, -0.1) is 0 Å². The van der Waals surface area contributed by atoms with E-state index in [0.717, 1.165) is 19.4 Å². The first-order valence-electron chi connectivity index (χ1n) is 8.18. The van der Waals surface area contributed by atoms with E-state index >= 15 is 0 Å². The Hall–Kier alpha value is -1.08. The second-order valence-electron chi connectivity index (χ2n) is 7.29. The maximum Gasteiger partial charge on any atom is 0.0520 e. The molecule has 1 aromatic rings. The predicted molar refractivity (Wildman–Crippen MR) is 93.7 cm³/mol. The Bertz CT molecular complexity index is 441. The average molecular weight is 288 g/mol. The zero-order valence-corrected chi connectivity index (χ0v) is 14.6. The van der Waals surface area contributed by atoms with Crippen molar-refractivity contribution in [2.75, 3.05) is 6.61 Å². The predicted octanol–water partition coefficient (Wildman–Crippen LogP) is 6.05. The Balaban J connectivity index is 2.46. The highest BCUT2D eigenvalue weighted by Crippen LogP contribution is 2.24. The summed E-state index contributed by atoms with van der Waals surface area (Å²) < 4.78 is 5.74. The molecular weight excluding hydrogens is 256 g/mol. The number of benzene rings is 1. The molecule has 0 saturated heterocycles. The van der Waals surface area contributed by atoms with Crippen LogP contribution in [-0.4, -0.2) is 12.7 Å². The van der Waals surface area contributed by atoms with Crippen LogP contribution in [0.25, 0.3) is 6.08 Å². The van der Waals surface area contributed by atoms with E-state index in [4.69, 9.17) is 4.74 Å². The Labute approximate surface area is 131 Å². The monoisotopic (exact) mass is 288 g/mol. The summed E-state index contributed by atoms with van der Waals surface area (Å²) in [4.78, 5) is 0. The molecule has 1 aromatic carbocycles. The molecule has 118 valence electrons. The number of ether oxygens (including phenoxy) is 1. The Morgan fingerprint density at radius 1 is 1.14 bits per heavy atom. The van der Waals surface area contributed by atoms with Crippen molar-refractivity contribution >= 4 is 6.08 Å². The standard InChI is InChI=1S/C20H32O/c1-16(2)19-12-9-11-18(14-19)10-7-8-13-20(5,6)15-21-17(3)4/h7,9-12,14,16-17H,8,13,15H2,1-6H3/b10-7+. The molecule has 0 unspecified atom stereocenters. The van der Waals surface area contributed by atoms with Crippen LogP contribution >= 0.6 is 0 Å². The van der Waals surface area contributed by atoms with Crippen molar-refractivity contribution in [2.24, 2.45) is 5.41 Å². The number of rotatable bonds is 8. The van der Waals surface area contributed by atoms with Crippen LogP contribution in [0.1, 0.15) is 71.4 Å². The van der Waals surface area contributed by atoms with Gasteiger partial charge in [-0.1, -0.05) is 64.1 Å². The summed E-state index contributed by atoms with van der Waals surface area (Å²) in [7, 11) is 0. The van der Waals surface area contributed by atoms with Crippen LogP contribution in [0.2, 0.25) is 0 Å². The molecule has 1 nitrogen and oxygen atoms in total. The largest absolute Gasteiger partial charge is 0.378 e. The van der Waals surface area contributed by atoms with Gasteiger partial charge in [-0.25, -0.2) is 0 Å². The lowest BCUT2D eigenvalue weighted by molar-refractivity contribution is 0.0186. The summed E-state index contributed by atoms with van der Waals surface area (Å²) in [5.41, 5.74) is 2.95. The van der Waals surface area contributed by atoms with Crippen LogP contribution in [0.3, 0.4) is 0 Å². The molecule has 0 amide bonds. The van der Waals surface area contributed by atoms with E-state index < -0.39 is 0 Å². The number of hydrogen-bond acceptors (Lipinski definition) is 1. The quantitative estimate of drug-likeness (QED) is 0.565. The molecule has 0 aromatic heterocycles. The molecule has 0 aliphatic heterocycles. The minimum absolute atomic E-state index is 0.244. The highest BCUT2D eigenvalue weighted by atomic mass is 16.5. The molecule has 0 N–H and O–H groups in total. The van der Waals surface area contributed by atoms with Gasteiger partial charge < -0.3 is 4.74 Å². The van der Waals surface area contributed by atoms with Crippen molar-refractivity contribution in [2.45, 2.75) is 66.4 Å². The fourth-order valence-electron chi connectivity index (χ4n) is 2.18. The van der Waals surface area contributed by atoms with Gasteiger partial charge in [0.2, 0.25) is 0 Å². The second-order valence-corrected chi connectivity index (χ2v) is 7.29.